The topological polar surface area (TPSA) is 38.7 Å². The van der Waals surface area contributed by atoms with Gasteiger partial charge in [-0.25, -0.2) is 13.7 Å². The highest BCUT2D eigenvalue weighted by molar-refractivity contribution is 5.17. The summed E-state index contributed by atoms with van der Waals surface area (Å²) in [7, 11) is 0. The van der Waals surface area contributed by atoms with Gasteiger partial charge in [0.25, 0.3) is 0 Å². The SMILES string of the molecule is C[C@@H](COO)COCc1ccc(F)cc1F. The van der Waals surface area contributed by atoms with Crippen LogP contribution < -0.4 is 0 Å². The van der Waals surface area contributed by atoms with E-state index in [9.17, 15) is 8.78 Å². The van der Waals surface area contributed by atoms with Gasteiger partial charge in [0, 0.05) is 17.5 Å². The fraction of sp³-hybridized carbons (Fsp3) is 0.455. The molecule has 0 fully saturated rings. The normalized spacial score (nSPS) is 12.8. The van der Waals surface area contributed by atoms with Crippen LogP contribution in [0.15, 0.2) is 18.2 Å². The van der Waals surface area contributed by atoms with E-state index < -0.39 is 11.6 Å². The minimum atomic E-state index is -0.619. The molecule has 16 heavy (non-hydrogen) atoms. The van der Waals surface area contributed by atoms with E-state index >= 15 is 0 Å². The maximum Gasteiger partial charge on any atom is 0.131 e. The molecule has 1 aromatic rings. The monoisotopic (exact) mass is 232 g/mol. The molecule has 0 aromatic heterocycles. The summed E-state index contributed by atoms with van der Waals surface area (Å²) in [5, 5.41) is 8.17. The molecule has 0 aliphatic rings. The zero-order valence-corrected chi connectivity index (χ0v) is 8.95. The van der Waals surface area contributed by atoms with Gasteiger partial charge in [0.15, 0.2) is 0 Å². The van der Waals surface area contributed by atoms with Crippen molar-refractivity contribution in [1.29, 1.82) is 0 Å². The van der Waals surface area contributed by atoms with Crippen LogP contribution in [-0.2, 0) is 16.2 Å². The standard InChI is InChI=1S/C11H14F2O3/c1-8(6-16-14)5-15-7-9-2-3-10(12)4-11(9)13/h2-4,8,14H,5-7H2,1H3/t8-/m1/s1. The molecule has 0 spiro atoms. The Hall–Kier alpha value is -1.04. The Labute approximate surface area is 92.5 Å². The lowest BCUT2D eigenvalue weighted by Gasteiger charge is -2.10. The molecule has 0 bridgehead atoms. The molecule has 0 saturated carbocycles. The number of rotatable bonds is 6. The van der Waals surface area contributed by atoms with E-state index in [4.69, 9.17) is 9.99 Å². The first-order valence-electron chi connectivity index (χ1n) is 4.91. The van der Waals surface area contributed by atoms with Crippen LogP contribution in [0.3, 0.4) is 0 Å². The molecule has 0 unspecified atom stereocenters. The van der Waals surface area contributed by atoms with Gasteiger partial charge in [-0.3, -0.25) is 5.26 Å². The highest BCUT2D eigenvalue weighted by atomic mass is 19.1. The van der Waals surface area contributed by atoms with Crippen molar-refractivity contribution in [1.82, 2.24) is 0 Å². The van der Waals surface area contributed by atoms with Crippen molar-refractivity contribution in [3.05, 3.63) is 35.4 Å². The summed E-state index contributed by atoms with van der Waals surface area (Å²) < 4.78 is 30.9. The van der Waals surface area contributed by atoms with Crippen LogP contribution in [0.4, 0.5) is 8.78 Å². The Morgan fingerprint density at radius 2 is 2.06 bits per heavy atom. The van der Waals surface area contributed by atoms with Gasteiger partial charge in [0.05, 0.1) is 19.8 Å². The molecule has 90 valence electrons. The van der Waals surface area contributed by atoms with Crippen LogP contribution in [0.25, 0.3) is 0 Å². The van der Waals surface area contributed by atoms with Crippen LogP contribution in [0.1, 0.15) is 12.5 Å². The molecular formula is C11H14F2O3. The highest BCUT2D eigenvalue weighted by Crippen LogP contribution is 2.11. The van der Waals surface area contributed by atoms with Gasteiger partial charge >= 0.3 is 0 Å². The lowest BCUT2D eigenvalue weighted by atomic mass is 10.2. The number of hydrogen-bond acceptors (Lipinski definition) is 3. The molecule has 0 radical (unpaired) electrons. The number of ether oxygens (including phenoxy) is 1. The minimum Gasteiger partial charge on any atom is -0.376 e. The zero-order chi connectivity index (χ0) is 12.0. The Bertz CT molecular complexity index is 331. The number of benzene rings is 1. The highest BCUT2D eigenvalue weighted by Gasteiger charge is 2.06. The number of hydrogen-bond donors (Lipinski definition) is 1. The Balaban J connectivity index is 2.37. The molecule has 1 atom stereocenters. The summed E-state index contributed by atoms with van der Waals surface area (Å²) >= 11 is 0. The minimum absolute atomic E-state index is 0.00788. The Morgan fingerprint density at radius 1 is 1.31 bits per heavy atom. The van der Waals surface area contributed by atoms with Crippen molar-refractivity contribution in [3.8, 4) is 0 Å². The van der Waals surface area contributed by atoms with Gasteiger partial charge in [-0.15, -0.1) is 0 Å². The second-order valence-corrected chi connectivity index (χ2v) is 3.65. The van der Waals surface area contributed by atoms with E-state index in [0.29, 0.717) is 12.2 Å². The third-order valence-corrected chi connectivity index (χ3v) is 2.03. The average molecular weight is 232 g/mol. The smallest absolute Gasteiger partial charge is 0.131 e. The van der Waals surface area contributed by atoms with Crippen molar-refractivity contribution in [2.75, 3.05) is 13.2 Å². The van der Waals surface area contributed by atoms with Crippen molar-refractivity contribution < 1.29 is 23.7 Å². The summed E-state index contributed by atoms with van der Waals surface area (Å²) in [6.07, 6.45) is 0. The van der Waals surface area contributed by atoms with E-state index in [1.54, 1.807) is 0 Å². The van der Waals surface area contributed by atoms with Crippen molar-refractivity contribution >= 4 is 0 Å². The molecule has 5 heteroatoms. The maximum atomic E-state index is 13.1. The van der Waals surface area contributed by atoms with Crippen LogP contribution in [-0.4, -0.2) is 18.5 Å². The quantitative estimate of drug-likeness (QED) is 0.605. The van der Waals surface area contributed by atoms with Crippen molar-refractivity contribution in [2.24, 2.45) is 5.92 Å². The molecule has 0 saturated heterocycles. The lowest BCUT2D eigenvalue weighted by Crippen LogP contribution is -2.12. The van der Waals surface area contributed by atoms with Gasteiger partial charge in [0.1, 0.15) is 11.6 Å². The fourth-order valence-corrected chi connectivity index (χ4v) is 1.18. The predicted molar refractivity (Wildman–Crippen MR) is 53.8 cm³/mol. The van der Waals surface area contributed by atoms with Gasteiger partial charge in [-0.1, -0.05) is 13.0 Å². The molecule has 3 nitrogen and oxygen atoms in total. The average Bonchev–Trinajstić information content (AvgIpc) is 2.22. The van der Waals surface area contributed by atoms with Gasteiger partial charge in [0.2, 0.25) is 0 Å². The molecule has 1 aromatic carbocycles. The second kappa shape index (κ2) is 6.52. The molecule has 1 N–H and O–H groups in total. The summed E-state index contributed by atoms with van der Waals surface area (Å²) in [6.45, 7) is 2.38. The van der Waals surface area contributed by atoms with Crippen LogP contribution in [0.5, 0.6) is 0 Å². The van der Waals surface area contributed by atoms with E-state index in [-0.39, 0.29) is 19.1 Å². The Kier molecular flexibility index (Phi) is 5.31. The summed E-state index contributed by atoms with van der Waals surface area (Å²) in [6, 6.07) is 3.35. The van der Waals surface area contributed by atoms with Crippen LogP contribution in [0.2, 0.25) is 0 Å². The van der Waals surface area contributed by atoms with Crippen molar-refractivity contribution in [2.45, 2.75) is 13.5 Å². The third kappa shape index (κ3) is 4.22. The van der Waals surface area contributed by atoms with E-state index in [0.717, 1.165) is 6.07 Å². The summed E-state index contributed by atoms with van der Waals surface area (Å²) in [5.41, 5.74) is 0.304. The zero-order valence-electron chi connectivity index (χ0n) is 8.95. The number of halogens is 2. The summed E-state index contributed by atoms with van der Waals surface area (Å²) in [4.78, 5) is 3.94. The first kappa shape index (κ1) is 13.0. The molecule has 0 amide bonds. The first-order valence-corrected chi connectivity index (χ1v) is 4.91. The van der Waals surface area contributed by atoms with Gasteiger partial charge < -0.3 is 4.74 Å². The van der Waals surface area contributed by atoms with Crippen LogP contribution >= 0.6 is 0 Å². The van der Waals surface area contributed by atoms with E-state index in [1.807, 2.05) is 6.92 Å². The third-order valence-electron chi connectivity index (χ3n) is 2.03. The molecule has 0 aliphatic heterocycles. The van der Waals surface area contributed by atoms with E-state index in [1.165, 1.54) is 12.1 Å². The molecular weight excluding hydrogens is 218 g/mol. The Morgan fingerprint density at radius 3 is 2.69 bits per heavy atom. The van der Waals surface area contributed by atoms with Gasteiger partial charge in [-0.05, 0) is 6.07 Å². The first-order chi connectivity index (χ1) is 7.63. The fourth-order valence-electron chi connectivity index (χ4n) is 1.18. The molecule has 0 heterocycles. The molecule has 0 aliphatic carbocycles. The summed E-state index contributed by atoms with van der Waals surface area (Å²) in [5.74, 6) is -1.22. The molecule has 1 rings (SSSR count). The maximum absolute atomic E-state index is 13.1. The second-order valence-electron chi connectivity index (χ2n) is 3.65. The van der Waals surface area contributed by atoms with Crippen LogP contribution in [0, 0.1) is 17.6 Å². The largest absolute Gasteiger partial charge is 0.376 e. The van der Waals surface area contributed by atoms with E-state index in [2.05, 4.69) is 4.89 Å². The van der Waals surface area contributed by atoms with Crippen molar-refractivity contribution in [3.63, 3.8) is 0 Å². The van der Waals surface area contributed by atoms with Gasteiger partial charge in [-0.2, -0.15) is 0 Å². The predicted octanol–water partition coefficient (Wildman–Crippen LogP) is 2.61. The lowest BCUT2D eigenvalue weighted by molar-refractivity contribution is -0.252.